The van der Waals surface area contributed by atoms with Crippen LogP contribution in [0.25, 0.3) is 10.9 Å². The number of nitrogens with one attached hydrogen (secondary N) is 2. The van der Waals surface area contributed by atoms with E-state index < -0.39 is 24.4 Å². The van der Waals surface area contributed by atoms with Gasteiger partial charge in [0.1, 0.15) is 18.3 Å². The quantitative estimate of drug-likeness (QED) is 0.428. The molecule has 1 aliphatic heterocycles. The number of aliphatic hydroxyl groups is 3. The maximum absolute atomic E-state index is 10.8. The van der Waals surface area contributed by atoms with E-state index in [1.807, 2.05) is 24.4 Å². The van der Waals surface area contributed by atoms with E-state index in [4.69, 9.17) is 4.74 Å². The van der Waals surface area contributed by atoms with Crippen LogP contribution in [0.2, 0.25) is 0 Å². The van der Waals surface area contributed by atoms with Crippen LogP contribution in [0, 0.1) is 0 Å². The van der Waals surface area contributed by atoms with Gasteiger partial charge >= 0.3 is 0 Å². The first kappa shape index (κ1) is 18.2. The highest BCUT2D eigenvalue weighted by Gasteiger charge is 2.37. The fourth-order valence-corrected chi connectivity index (χ4v) is 3.26. The summed E-state index contributed by atoms with van der Waals surface area (Å²) in [5.41, 5.74) is 3.00. The summed E-state index contributed by atoms with van der Waals surface area (Å²) in [6.45, 7) is 0.522. The minimum Gasteiger partial charge on any atom is -0.388 e. The lowest BCUT2D eigenvalue weighted by atomic mass is 9.94. The highest BCUT2D eigenvalue weighted by molar-refractivity contribution is 7.96. The predicted molar refractivity (Wildman–Crippen MR) is 95.9 cm³/mol. The minimum atomic E-state index is -1.19. The summed E-state index contributed by atoms with van der Waals surface area (Å²) in [5.74, 6) is 0. The van der Waals surface area contributed by atoms with Crippen molar-refractivity contribution in [2.75, 3.05) is 13.2 Å². The molecular weight excluding hydrogens is 344 g/mol. The van der Waals surface area contributed by atoms with Crippen LogP contribution < -0.4 is 5.32 Å². The van der Waals surface area contributed by atoms with Crippen molar-refractivity contribution in [3.8, 4) is 0 Å². The van der Waals surface area contributed by atoms with Gasteiger partial charge in [0.2, 0.25) is 0 Å². The summed E-state index contributed by atoms with van der Waals surface area (Å²) in [6, 6.07) is 5.91. The van der Waals surface area contributed by atoms with E-state index in [0.29, 0.717) is 19.4 Å². The molecule has 3 rings (SSSR count). The molecule has 4 atom stereocenters. The molecule has 1 fully saturated rings. The van der Waals surface area contributed by atoms with Crippen molar-refractivity contribution in [1.82, 2.24) is 10.3 Å². The normalized spacial score (nSPS) is 26.7. The maximum atomic E-state index is 10.8. The lowest BCUT2D eigenvalue weighted by Crippen LogP contribution is -2.53. The number of ether oxygens (including phenoxy) is 1. The molecule has 1 aliphatic rings. The molecule has 1 aromatic carbocycles. The Hall–Kier alpha value is -1.58. The third-order valence-electron chi connectivity index (χ3n) is 4.55. The Bertz CT molecular complexity index is 750. The number of benzene rings is 1. The summed E-state index contributed by atoms with van der Waals surface area (Å²) in [6.07, 6.45) is -0.894. The van der Waals surface area contributed by atoms with Crippen LogP contribution in [0.15, 0.2) is 24.4 Å². The van der Waals surface area contributed by atoms with Gasteiger partial charge in [0, 0.05) is 30.1 Å². The monoisotopic (exact) mass is 366 g/mol. The second-order valence-corrected chi connectivity index (χ2v) is 6.71. The van der Waals surface area contributed by atoms with E-state index >= 15 is 0 Å². The average molecular weight is 366 g/mol. The highest BCUT2D eigenvalue weighted by Crippen LogP contribution is 2.24. The zero-order chi connectivity index (χ0) is 18.0. The van der Waals surface area contributed by atoms with Gasteiger partial charge in [0.05, 0.1) is 12.7 Å². The van der Waals surface area contributed by atoms with Gasteiger partial charge in [-0.3, -0.25) is 4.79 Å². The molecule has 5 N–H and O–H groups in total. The molecule has 1 aromatic heterocycles. The van der Waals surface area contributed by atoms with Crippen LogP contribution in [0.5, 0.6) is 0 Å². The van der Waals surface area contributed by atoms with Crippen LogP contribution in [0.1, 0.15) is 11.1 Å². The van der Waals surface area contributed by atoms with Crippen LogP contribution in [-0.4, -0.2) is 63.1 Å². The SMILES string of the molecule is O=C(S)NCCc1c[nH]c2cc(CC3OCC(O)C(O)C3O)ccc12. The molecule has 1 amide bonds. The molecule has 0 saturated carbocycles. The van der Waals surface area contributed by atoms with Crippen molar-refractivity contribution in [2.24, 2.45) is 0 Å². The first-order valence-corrected chi connectivity index (χ1v) is 8.62. The van der Waals surface area contributed by atoms with Gasteiger partial charge in [-0.15, -0.1) is 0 Å². The molecule has 8 heteroatoms. The number of hydrogen-bond donors (Lipinski definition) is 6. The Morgan fingerprint density at radius 2 is 2.12 bits per heavy atom. The Morgan fingerprint density at radius 3 is 2.88 bits per heavy atom. The zero-order valence-electron chi connectivity index (χ0n) is 13.6. The number of carbonyl (C=O) groups is 1. The lowest BCUT2D eigenvalue weighted by molar-refractivity contribution is -0.186. The molecule has 0 spiro atoms. The number of aliphatic hydroxyl groups excluding tert-OH is 3. The first-order valence-electron chi connectivity index (χ1n) is 8.17. The van der Waals surface area contributed by atoms with Crippen molar-refractivity contribution in [3.63, 3.8) is 0 Å². The summed E-state index contributed by atoms with van der Waals surface area (Å²) in [7, 11) is 0. The van der Waals surface area contributed by atoms with E-state index in [1.165, 1.54) is 0 Å². The average Bonchev–Trinajstić information content (AvgIpc) is 2.97. The van der Waals surface area contributed by atoms with Gasteiger partial charge in [-0.05, 0) is 23.6 Å². The summed E-state index contributed by atoms with van der Waals surface area (Å²) >= 11 is 3.67. The van der Waals surface area contributed by atoms with Gasteiger partial charge in [0.25, 0.3) is 5.24 Å². The molecular formula is C17H22N2O5S. The number of aromatic amines is 1. The molecule has 25 heavy (non-hydrogen) atoms. The number of hydrogen-bond acceptors (Lipinski definition) is 5. The van der Waals surface area contributed by atoms with E-state index in [0.717, 1.165) is 22.0 Å². The third-order valence-corrected chi connectivity index (χ3v) is 4.70. The molecule has 2 aromatic rings. The predicted octanol–water partition coefficient (Wildman–Crippen LogP) is 0.374. The maximum Gasteiger partial charge on any atom is 0.275 e. The molecule has 7 nitrogen and oxygen atoms in total. The molecule has 0 aliphatic carbocycles. The van der Waals surface area contributed by atoms with Crippen LogP contribution >= 0.6 is 12.6 Å². The largest absolute Gasteiger partial charge is 0.388 e. The van der Waals surface area contributed by atoms with Crippen LogP contribution in [0.4, 0.5) is 4.79 Å². The number of H-pyrrole nitrogens is 1. The fraction of sp³-hybridized carbons (Fsp3) is 0.471. The number of rotatable bonds is 5. The second-order valence-electron chi connectivity index (χ2n) is 6.30. The van der Waals surface area contributed by atoms with Gasteiger partial charge < -0.3 is 30.4 Å². The van der Waals surface area contributed by atoms with Crippen molar-refractivity contribution < 1.29 is 24.9 Å². The Labute approximate surface area is 150 Å². The molecule has 136 valence electrons. The van der Waals surface area contributed by atoms with Gasteiger partial charge in [-0.2, -0.15) is 0 Å². The zero-order valence-corrected chi connectivity index (χ0v) is 14.4. The standard InChI is InChI=1S/C17H22N2O5S/c20-13-8-24-14(16(22)15(13)21)6-9-1-2-11-10(3-4-18-17(23)25)7-19-12(11)5-9/h1-2,5,7,13-16,19-22H,3-4,6,8H2,(H2,18,23,25). The van der Waals surface area contributed by atoms with E-state index in [2.05, 4.69) is 22.9 Å². The smallest absolute Gasteiger partial charge is 0.275 e. The number of carbonyl (C=O) groups excluding carboxylic acids is 1. The number of aromatic nitrogens is 1. The summed E-state index contributed by atoms with van der Waals surface area (Å²) in [5, 5.41) is 32.7. The molecule has 0 radical (unpaired) electrons. The Kier molecular flexibility index (Phi) is 5.65. The second kappa shape index (κ2) is 7.76. The van der Waals surface area contributed by atoms with Crippen molar-refractivity contribution in [1.29, 1.82) is 0 Å². The van der Waals surface area contributed by atoms with E-state index in [-0.39, 0.29) is 11.8 Å². The molecule has 4 unspecified atom stereocenters. The number of amides is 1. The first-order chi connectivity index (χ1) is 12.0. The summed E-state index contributed by atoms with van der Waals surface area (Å²) in [4.78, 5) is 14.0. The molecule has 0 bridgehead atoms. The van der Waals surface area contributed by atoms with Crippen LogP contribution in [-0.2, 0) is 17.6 Å². The van der Waals surface area contributed by atoms with Gasteiger partial charge in [-0.1, -0.05) is 24.8 Å². The highest BCUT2D eigenvalue weighted by atomic mass is 32.1. The van der Waals surface area contributed by atoms with Crippen molar-refractivity contribution in [2.45, 2.75) is 37.3 Å². The minimum absolute atomic E-state index is 0.00858. The molecule has 2 heterocycles. The van der Waals surface area contributed by atoms with Crippen molar-refractivity contribution in [3.05, 3.63) is 35.5 Å². The third kappa shape index (κ3) is 4.16. The summed E-state index contributed by atoms with van der Waals surface area (Å²) < 4.78 is 5.45. The number of thiol groups is 1. The Morgan fingerprint density at radius 1 is 1.32 bits per heavy atom. The van der Waals surface area contributed by atoms with Gasteiger partial charge in [-0.25, -0.2) is 0 Å². The van der Waals surface area contributed by atoms with Crippen molar-refractivity contribution >= 4 is 28.8 Å². The lowest BCUT2D eigenvalue weighted by Gasteiger charge is -2.35. The van der Waals surface area contributed by atoms with E-state index in [1.54, 1.807) is 0 Å². The molecule has 1 saturated heterocycles. The fourth-order valence-electron chi connectivity index (χ4n) is 3.15. The topological polar surface area (TPSA) is 115 Å². The van der Waals surface area contributed by atoms with Gasteiger partial charge in [0.15, 0.2) is 0 Å². The number of fused-ring (bicyclic) bond motifs is 1. The van der Waals surface area contributed by atoms with E-state index in [9.17, 15) is 20.1 Å². The van der Waals surface area contributed by atoms with Crippen LogP contribution in [0.3, 0.4) is 0 Å². The Balaban J connectivity index is 1.69.